The second-order valence-electron chi connectivity index (χ2n) is 4.76. The van der Waals surface area contributed by atoms with Crippen LogP contribution in [0.3, 0.4) is 0 Å². The normalized spacial score (nSPS) is 10.6. The predicted octanol–water partition coefficient (Wildman–Crippen LogP) is 1.98. The molecule has 2 amide bonds. The van der Waals surface area contributed by atoms with Crippen LogP contribution in [-0.4, -0.2) is 32.6 Å². The zero-order chi connectivity index (χ0) is 15.1. The highest BCUT2D eigenvalue weighted by molar-refractivity contribution is 7.15. The molecule has 0 spiro atoms. The molecule has 7 nitrogen and oxygen atoms in total. The van der Waals surface area contributed by atoms with Crippen molar-refractivity contribution < 1.29 is 4.79 Å². The molecule has 0 aromatic carbocycles. The van der Waals surface area contributed by atoms with Crippen molar-refractivity contribution >= 4 is 22.5 Å². The summed E-state index contributed by atoms with van der Waals surface area (Å²) in [6.45, 7) is 2.69. The van der Waals surface area contributed by atoms with E-state index >= 15 is 0 Å². The van der Waals surface area contributed by atoms with Crippen LogP contribution >= 0.6 is 11.3 Å². The minimum Gasteiger partial charge on any atom is -0.337 e. The van der Waals surface area contributed by atoms with Crippen molar-refractivity contribution in [1.29, 1.82) is 0 Å². The number of amides is 2. The Balaban J connectivity index is 1.70. The summed E-state index contributed by atoms with van der Waals surface area (Å²) in [5.74, 6) is 0. The van der Waals surface area contributed by atoms with Gasteiger partial charge in [-0.25, -0.2) is 4.79 Å². The molecule has 2 aromatic rings. The first-order valence-electron chi connectivity index (χ1n) is 7.02. The van der Waals surface area contributed by atoms with Crippen LogP contribution in [0.25, 0.3) is 0 Å². The Hall–Kier alpha value is -1.96. The van der Waals surface area contributed by atoms with Crippen molar-refractivity contribution in [2.75, 3.05) is 11.9 Å². The Morgan fingerprint density at radius 3 is 2.95 bits per heavy atom. The quantitative estimate of drug-likeness (QED) is 0.819. The smallest absolute Gasteiger partial charge is 0.321 e. The Labute approximate surface area is 127 Å². The van der Waals surface area contributed by atoms with Gasteiger partial charge in [-0.2, -0.15) is 5.10 Å². The number of carbonyl (C=O) groups is 1. The van der Waals surface area contributed by atoms with E-state index in [9.17, 15) is 4.79 Å². The number of aromatic nitrogens is 4. The molecule has 0 aliphatic rings. The summed E-state index contributed by atoms with van der Waals surface area (Å²) in [6, 6.07) is -0.253. The van der Waals surface area contributed by atoms with E-state index in [1.807, 2.05) is 13.2 Å². The second kappa shape index (κ2) is 7.72. The first kappa shape index (κ1) is 15.4. The molecular formula is C13H20N6OS. The fourth-order valence-corrected chi connectivity index (χ4v) is 2.57. The highest BCUT2D eigenvalue weighted by Crippen LogP contribution is 2.16. The van der Waals surface area contributed by atoms with Crippen molar-refractivity contribution in [3.63, 3.8) is 0 Å². The number of hydrogen-bond acceptors (Lipinski definition) is 5. The summed E-state index contributed by atoms with van der Waals surface area (Å²) in [5.41, 5.74) is 1.09. The van der Waals surface area contributed by atoms with Crippen LogP contribution in [0.4, 0.5) is 9.93 Å². The van der Waals surface area contributed by atoms with Gasteiger partial charge in [0.25, 0.3) is 0 Å². The maximum Gasteiger partial charge on any atom is 0.321 e. The lowest BCUT2D eigenvalue weighted by Crippen LogP contribution is -2.30. The third-order valence-electron chi connectivity index (χ3n) is 2.89. The molecule has 2 N–H and O–H groups in total. The zero-order valence-corrected chi connectivity index (χ0v) is 13.1. The summed E-state index contributed by atoms with van der Waals surface area (Å²) < 4.78 is 1.74. The van der Waals surface area contributed by atoms with Crippen molar-refractivity contribution in [3.05, 3.63) is 23.0 Å². The van der Waals surface area contributed by atoms with Gasteiger partial charge in [-0.3, -0.25) is 10.00 Å². The van der Waals surface area contributed by atoms with Crippen molar-refractivity contribution in [2.24, 2.45) is 7.05 Å². The number of nitrogens with one attached hydrogen (secondary N) is 2. The van der Waals surface area contributed by atoms with E-state index in [1.54, 1.807) is 10.9 Å². The lowest BCUT2D eigenvalue weighted by Gasteiger charge is -2.03. The Kier molecular flexibility index (Phi) is 5.68. The van der Waals surface area contributed by atoms with Crippen LogP contribution in [0.2, 0.25) is 0 Å². The first-order chi connectivity index (χ1) is 10.2. The minimum atomic E-state index is -0.253. The monoisotopic (exact) mass is 308 g/mol. The van der Waals surface area contributed by atoms with E-state index in [2.05, 4.69) is 32.9 Å². The molecule has 0 unspecified atom stereocenters. The van der Waals surface area contributed by atoms with Gasteiger partial charge in [0.2, 0.25) is 5.13 Å². The van der Waals surface area contributed by atoms with Crippen LogP contribution in [-0.2, 0) is 19.9 Å². The van der Waals surface area contributed by atoms with Crippen molar-refractivity contribution in [2.45, 2.75) is 32.6 Å². The van der Waals surface area contributed by atoms with Gasteiger partial charge in [0, 0.05) is 26.2 Å². The number of carbonyl (C=O) groups excluding carboxylic acids is 1. The topological polar surface area (TPSA) is 84.7 Å². The molecule has 114 valence electrons. The zero-order valence-electron chi connectivity index (χ0n) is 12.3. The number of rotatable bonds is 7. The van der Waals surface area contributed by atoms with Crippen LogP contribution in [0, 0.1) is 0 Å². The fraction of sp³-hybridized carbons (Fsp3) is 0.538. The maximum atomic E-state index is 11.7. The van der Waals surface area contributed by atoms with Crippen LogP contribution < -0.4 is 10.6 Å². The van der Waals surface area contributed by atoms with Gasteiger partial charge in [0.05, 0.1) is 6.20 Å². The molecule has 2 rings (SSSR count). The minimum absolute atomic E-state index is 0.253. The molecular weight excluding hydrogens is 288 g/mol. The molecule has 0 aliphatic heterocycles. The molecule has 0 saturated carbocycles. The predicted molar refractivity (Wildman–Crippen MR) is 82.5 cm³/mol. The van der Waals surface area contributed by atoms with E-state index in [-0.39, 0.29) is 6.03 Å². The molecule has 0 atom stereocenters. The average Bonchev–Trinajstić information content (AvgIpc) is 3.06. The maximum absolute atomic E-state index is 11.7. The Morgan fingerprint density at radius 2 is 2.24 bits per heavy atom. The number of aryl methyl sites for hydroxylation is 2. The number of nitrogens with zero attached hydrogens (tertiary/aromatic N) is 4. The Morgan fingerprint density at radius 1 is 1.38 bits per heavy atom. The molecule has 21 heavy (non-hydrogen) atoms. The third kappa shape index (κ3) is 5.14. The van der Waals surface area contributed by atoms with Gasteiger partial charge in [0.15, 0.2) is 0 Å². The lowest BCUT2D eigenvalue weighted by atomic mass is 10.2. The largest absolute Gasteiger partial charge is 0.337 e. The molecule has 0 bridgehead atoms. The summed E-state index contributed by atoms with van der Waals surface area (Å²) in [5, 5.41) is 19.1. The van der Waals surface area contributed by atoms with E-state index in [1.165, 1.54) is 11.3 Å². The summed E-state index contributed by atoms with van der Waals surface area (Å²) >= 11 is 1.43. The highest BCUT2D eigenvalue weighted by Gasteiger charge is 2.07. The summed E-state index contributed by atoms with van der Waals surface area (Å²) in [7, 11) is 1.87. The SMILES string of the molecule is CCCCc1nnc(NC(=O)NCCc2cnn(C)c2)s1. The first-order valence-corrected chi connectivity index (χ1v) is 7.83. The van der Waals surface area contributed by atoms with E-state index in [0.717, 1.165) is 36.3 Å². The average molecular weight is 308 g/mol. The van der Waals surface area contributed by atoms with Gasteiger partial charge >= 0.3 is 6.03 Å². The number of hydrogen-bond donors (Lipinski definition) is 2. The lowest BCUT2D eigenvalue weighted by molar-refractivity contribution is 0.252. The van der Waals surface area contributed by atoms with Crippen LogP contribution in [0.1, 0.15) is 30.3 Å². The molecule has 0 saturated heterocycles. The van der Waals surface area contributed by atoms with Crippen molar-refractivity contribution in [1.82, 2.24) is 25.3 Å². The second-order valence-corrected chi connectivity index (χ2v) is 5.82. The van der Waals surface area contributed by atoms with Gasteiger partial charge in [-0.1, -0.05) is 24.7 Å². The number of urea groups is 1. The van der Waals surface area contributed by atoms with Gasteiger partial charge in [0.1, 0.15) is 5.01 Å². The fourth-order valence-electron chi connectivity index (χ4n) is 1.80. The third-order valence-corrected chi connectivity index (χ3v) is 3.79. The summed E-state index contributed by atoms with van der Waals surface area (Å²) in [4.78, 5) is 11.7. The van der Waals surface area contributed by atoms with Gasteiger partial charge in [-0.05, 0) is 18.4 Å². The standard InChI is InChI=1S/C13H20N6OS/c1-3-4-5-11-17-18-13(21-11)16-12(20)14-7-6-10-8-15-19(2)9-10/h8-9H,3-7H2,1-2H3,(H2,14,16,18,20). The van der Waals surface area contributed by atoms with E-state index in [4.69, 9.17) is 0 Å². The van der Waals surface area contributed by atoms with Crippen LogP contribution in [0.5, 0.6) is 0 Å². The van der Waals surface area contributed by atoms with E-state index in [0.29, 0.717) is 11.7 Å². The number of unbranched alkanes of at least 4 members (excludes halogenated alkanes) is 1. The van der Waals surface area contributed by atoms with Gasteiger partial charge in [-0.15, -0.1) is 10.2 Å². The van der Waals surface area contributed by atoms with Gasteiger partial charge < -0.3 is 5.32 Å². The highest BCUT2D eigenvalue weighted by atomic mass is 32.1. The molecule has 2 aromatic heterocycles. The molecule has 8 heteroatoms. The molecule has 0 aliphatic carbocycles. The van der Waals surface area contributed by atoms with Crippen LogP contribution in [0.15, 0.2) is 12.4 Å². The van der Waals surface area contributed by atoms with Crippen molar-refractivity contribution in [3.8, 4) is 0 Å². The molecule has 0 fully saturated rings. The summed E-state index contributed by atoms with van der Waals surface area (Å²) in [6.07, 6.45) is 7.61. The Bertz CT molecular complexity index is 579. The molecule has 2 heterocycles. The van der Waals surface area contributed by atoms with E-state index < -0.39 is 0 Å². The molecule has 0 radical (unpaired) electrons. The number of anilines is 1.